The topological polar surface area (TPSA) is 135 Å². The van der Waals surface area contributed by atoms with Crippen LogP contribution in [0.15, 0.2) is 0 Å². The second kappa shape index (κ2) is 10.1. The van der Waals surface area contributed by atoms with Gasteiger partial charge in [-0.15, -0.1) is 4.28 Å². The Labute approximate surface area is 185 Å². The molecular formula is C18H35N3O8SSi. The molecule has 2 atom stereocenters. The second-order valence-electron chi connectivity index (χ2n) is 8.99. The number of amides is 3. The Morgan fingerprint density at radius 3 is 2.23 bits per heavy atom. The van der Waals surface area contributed by atoms with Crippen molar-refractivity contribution in [3.8, 4) is 0 Å². The summed E-state index contributed by atoms with van der Waals surface area (Å²) in [7, 11) is -6.84. The zero-order valence-corrected chi connectivity index (χ0v) is 20.8. The van der Waals surface area contributed by atoms with Crippen LogP contribution in [0.2, 0.25) is 16.6 Å². The van der Waals surface area contributed by atoms with Crippen LogP contribution >= 0.6 is 0 Å². The maximum Gasteiger partial charge on any atom is 0.418 e. The summed E-state index contributed by atoms with van der Waals surface area (Å²) in [5.74, 6) is -0.499. The first-order valence-electron chi connectivity index (χ1n) is 10.6. The van der Waals surface area contributed by atoms with E-state index in [1.54, 1.807) is 0 Å². The third kappa shape index (κ3) is 5.76. The van der Waals surface area contributed by atoms with Crippen LogP contribution in [0.25, 0.3) is 0 Å². The summed E-state index contributed by atoms with van der Waals surface area (Å²) < 4.78 is 41.5. The molecule has 2 aliphatic heterocycles. The Balaban J connectivity index is 1.85. The van der Waals surface area contributed by atoms with E-state index in [1.165, 1.54) is 4.90 Å². The lowest BCUT2D eigenvalue weighted by molar-refractivity contribution is -0.139. The van der Waals surface area contributed by atoms with Gasteiger partial charge in [-0.05, 0) is 29.5 Å². The highest BCUT2D eigenvalue weighted by Gasteiger charge is 2.49. The smallest absolute Gasteiger partial charge is 0.414 e. The van der Waals surface area contributed by atoms with E-state index in [0.29, 0.717) is 41.1 Å². The van der Waals surface area contributed by atoms with E-state index in [4.69, 9.17) is 13.8 Å². The Kier molecular flexibility index (Phi) is 8.50. The maximum atomic E-state index is 12.5. The van der Waals surface area contributed by atoms with Crippen LogP contribution in [0.1, 0.15) is 54.4 Å². The molecule has 2 rings (SSSR count). The predicted molar refractivity (Wildman–Crippen MR) is 114 cm³/mol. The summed E-state index contributed by atoms with van der Waals surface area (Å²) in [6.45, 7) is 13.8. The minimum atomic E-state index is -4.83. The van der Waals surface area contributed by atoms with Crippen molar-refractivity contribution in [1.29, 1.82) is 0 Å². The SMILES string of the molecule is CC(C)[Si](OCCONC(=O)[C@@H]1CC[C@@H]2CN1C(=O)N2OS(=O)(=O)O)(C(C)C)C(C)C. The van der Waals surface area contributed by atoms with Crippen molar-refractivity contribution < 1.29 is 36.1 Å². The molecule has 0 unspecified atom stereocenters. The molecule has 0 saturated carbocycles. The number of hydroxylamine groups is 3. The van der Waals surface area contributed by atoms with E-state index in [9.17, 15) is 18.0 Å². The molecule has 2 fully saturated rings. The first-order valence-corrected chi connectivity index (χ1v) is 14.1. The van der Waals surface area contributed by atoms with Crippen LogP contribution in [0.4, 0.5) is 4.79 Å². The van der Waals surface area contributed by atoms with E-state index in [0.717, 1.165) is 0 Å². The lowest BCUT2D eigenvalue weighted by Gasteiger charge is -2.42. The molecule has 2 N–H and O–H groups in total. The van der Waals surface area contributed by atoms with Crippen LogP contribution < -0.4 is 5.48 Å². The largest absolute Gasteiger partial charge is 0.418 e. The number of hydrogen-bond acceptors (Lipinski definition) is 7. The third-order valence-electron chi connectivity index (χ3n) is 6.22. The van der Waals surface area contributed by atoms with Gasteiger partial charge in [-0.1, -0.05) is 41.5 Å². The second-order valence-corrected chi connectivity index (χ2v) is 15.5. The summed E-state index contributed by atoms with van der Waals surface area (Å²) in [6, 6.07) is -2.14. The summed E-state index contributed by atoms with van der Waals surface area (Å²) in [5.41, 5.74) is 3.68. The molecular weight excluding hydrogens is 446 g/mol. The molecule has 2 heterocycles. The van der Waals surface area contributed by atoms with Gasteiger partial charge in [0.05, 0.1) is 19.3 Å². The first-order chi connectivity index (χ1) is 14.3. The van der Waals surface area contributed by atoms with Crippen molar-refractivity contribution in [3.63, 3.8) is 0 Å². The van der Waals surface area contributed by atoms with Gasteiger partial charge in [-0.25, -0.2) is 10.3 Å². The molecule has 0 aliphatic carbocycles. The Hall–Kier alpha value is -1.25. The van der Waals surface area contributed by atoms with E-state index >= 15 is 0 Å². The Morgan fingerprint density at radius 2 is 1.71 bits per heavy atom. The number of nitrogens with zero attached hydrogens (tertiary/aromatic N) is 2. The van der Waals surface area contributed by atoms with Crippen LogP contribution in [0, 0.1) is 0 Å². The number of carbonyl (C=O) groups excluding carboxylic acids is 2. The van der Waals surface area contributed by atoms with Crippen molar-refractivity contribution >= 4 is 30.7 Å². The van der Waals surface area contributed by atoms with Gasteiger partial charge in [0, 0.05) is 6.54 Å². The summed E-state index contributed by atoms with van der Waals surface area (Å²) >= 11 is 0. The average Bonchev–Trinajstić information content (AvgIpc) is 2.87. The molecule has 0 aromatic rings. The van der Waals surface area contributed by atoms with Crippen molar-refractivity contribution in [1.82, 2.24) is 15.4 Å². The Morgan fingerprint density at radius 1 is 1.13 bits per heavy atom. The molecule has 0 aromatic carbocycles. The third-order valence-corrected chi connectivity index (χ3v) is 12.7. The molecule has 180 valence electrons. The molecule has 11 nitrogen and oxygen atoms in total. The molecule has 0 spiro atoms. The van der Waals surface area contributed by atoms with Crippen LogP contribution in [0.3, 0.4) is 0 Å². The number of hydrogen-bond donors (Lipinski definition) is 2. The van der Waals surface area contributed by atoms with Crippen molar-refractivity contribution in [3.05, 3.63) is 0 Å². The van der Waals surface area contributed by atoms with Gasteiger partial charge in [-0.3, -0.25) is 14.2 Å². The summed E-state index contributed by atoms with van der Waals surface area (Å²) in [5, 5.41) is 0.602. The number of rotatable bonds is 11. The molecule has 0 aromatic heterocycles. The normalized spacial score (nSPS) is 22.2. The molecule has 0 radical (unpaired) electrons. The number of piperidine rings is 1. The lowest BCUT2D eigenvalue weighted by atomic mass is 10.0. The molecule has 13 heteroatoms. The monoisotopic (exact) mass is 481 g/mol. The van der Waals surface area contributed by atoms with Gasteiger partial charge in [0.15, 0.2) is 8.32 Å². The molecule has 2 bridgehead atoms. The quantitative estimate of drug-likeness (QED) is 0.198. The lowest BCUT2D eigenvalue weighted by Crippen LogP contribution is -2.50. The van der Waals surface area contributed by atoms with Gasteiger partial charge >= 0.3 is 16.4 Å². The highest BCUT2D eigenvalue weighted by Crippen LogP contribution is 2.42. The minimum Gasteiger partial charge on any atom is -0.414 e. The molecule has 31 heavy (non-hydrogen) atoms. The fraction of sp³-hybridized carbons (Fsp3) is 0.889. The van der Waals surface area contributed by atoms with Crippen molar-refractivity contribution in [2.75, 3.05) is 19.8 Å². The number of carbonyl (C=O) groups is 2. The average molecular weight is 482 g/mol. The summed E-state index contributed by atoms with van der Waals surface area (Å²) in [4.78, 5) is 31.4. The van der Waals surface area contributed by atoms with E-state index < -0.39 is 42.7 Å². The van der Waals surface area contributed by atoms with Gasteiger partial charge in [-0.2, -0.15) is 13.5 Å². The number of urea groups is 1. The molecule has 2 aliphatic rings. The minimum absolute atomic E-state index is 0.126. The van der Waals surface area contributed by atoms with Gasteiger partial charge < -0.3 is 9.33 Å². The highest BCUT2D eigenvalue weighted by atomic mass is 32.3. The first kappa shape index (κ1) is 26.0. The van der Waals surface area contributed by atoms with Gasteiger partial charge in [0.1, 0.15) is 6.04 Å². The van der Waals surface area contributed by atoms with Crippen molar-refractivity contribution in [2.24, 2.45) is 0 Å². The van der Waals surface area contributed by atoms with E-state index in [-0.39, 0.29) is 13.2 Å². The van der Waals surface area contributed by atoms with E-state index in [1.807, 2.05) is 0 Å². The van der Waals surface area contributed by atoms with Gasteiger partial charge in [0.25, 0.3) is 5.91 Å². The fourth-order valence-electron chi connectivity index (χ4n) is 5.05. The predicted octanol–water partition coefficient (Wildman–Crippen LogP) is 2.23. The molecule has 2 saturated heterocycles. The van der Waals surface area contributed by atoms with Crippen molar-refractivity contribution in [2.45, 2.75) is 83.1 Å². The van der Waals surface area contributed by atoms with Crippen LogP contribution in [-0.2, 0) is 28.7 Å². The summed E-state index contributed by atoms with van der Waals surface area (Å²) in [6.07, 6.45) is 0.668. The van der Waals surface area contributed by atoms with E-state index in [2.05, 4.69) is 51.3 Å². The molecule has 3 amide bonds. The standard InChI is InChI=1S/C18H35N3O8SSi/c1-12(2)31(13(3)4,14(5)6)28-10-9-27-19-17(22)16-8-7-15-11-20(16)18(23)21(15)29-30(24,25)26/h12-16H,7-11H2,1-6H3,(H,19,22)(H,24,25,26)/t15-,16+/m1/s1. The van der Waals surface area contributed by atoms with Crippen LogP contribution in [0.5, 0.6) is 0 Å². The zero-order chi connectivity index (χ0) is 23.6. The van der Waals surface area contributed by atoms with Crippen LogP contribution in [-0.4, -0.2) is 75.0 Å². The highest BCUT2D eigenvalue weighted by molar-refractivity contribution is 7.80. The fourth-order valence-corrected chi connectivity index (χ4v) is 10.9. The maximum absolute atomic E-state index is 12.5. The zero-order valence-electron chi connectivity index (χ0n) is 19.0. The Bertz CT molecular complexity index is 739. The van der Waals surface area contributed by atoms with Gasteiger partial charge in [0.2, 0.25) is 0 Å². The number of fused-ring (bicyclic) bond motifs is 2. The number of nitrogens with one attached hydrogen (secondary N) is 1.